The highest BCUT2D eigenvalue weighted by molar-refractivity contribution is 6.11. The van der Waals surface area contributed by atoms with E-state index in [1.54, 1.807) is 0 Å². The van der Waals surface area contributed by atoms with Crippen molar-refractivity contribution >= 4 is 50.7 Å². The summed E-state index contributed by atoms with van der Waals surface area (Å²) in [6.07, 6.45) is 0. The van der Waals surface area contributed by atoms with Crippen molar-refractivity contribution in [1.29, 1.82) is 5.41 Å². The van der Waals surface area contributed by atoms with Crippen molar-refractivity contribution in [3.8, 4) is 27.9 Å². The van der Waals surface area contributed by atoms with E-state index in [0.717, 1.165) is 39.4 Å². The van der Waals surface area contributed by atoms with E-state index in [-0.39, 0.29) is 11.8 Å². The van der Waals surface area contributed by atoms with Gasteiger partial charge in [0.1, 0.15) is 0 Å². The number of fused-ring (bicyclic) bond motifs is 3. The maximum atomic E-state index is 8.57. The molecule has 9 aromatic rings. The summed E-state index contributed by atoms with van der Waals surface area (Å²) < 4.78 is 8.07. The number of rotatable bonds is 8. The Hall–Kier alpha value is -7.50. The van der Waals surface area contributed by atoms with Crippen molar-refractivity contribution in [3.63, 3.8) is 0 Å². The molecule has 0 spiro atoms. The van der Waals surface area contributed by atoms with Crippen LogP contribution in [0.3, 0.4) is 0 Å². The number of ether oxygens (including phenoxy) is 1. The van der Waals surface area contributed by atoms with Gasteiger partial charge in [-0.2, -0.15) is 0 Å². The minimum Gasteiger partial charge on any atom is -0.386 e. The summed E-state index contributed by atoms with van der Waals surface area (Å²) in [5.74, 6) is 0.183. The van der Waals surface area contributed by atoms with Crippen LogP contribution in [0, 0.1) is 5.41 Å². The average Bonchev–Trinajstić information content (AvgIpc) is 3.58. The van der Waals surface area contributed by atoms with E-state index >= 15 is 0 Å². The number of nitrogens with one attached hydrogen (secondary N) is 1. The van der Waals surface area contributed by atoms with E-state index in [0.29, 0.717) is 5.56 Å². The topological polar surface area (TPSA) is 66.8 Å². The lowest BCUT2D eigenvalue weighted by molar-refractivity contribution is -0.130. The number of benzene rings is 8. The molecule has 8 aromatic carbocycles. The van der Waals surface area contributed by atoms with Crippen molar-refractivity contribution in [2.45, 2.75) is 0 Å². The van der Waals surface area contributed by atoms with Crippen LogP contribution in [-0.4, -0.2) is 16.4 Å². The van der Waals surface area contributed by atoms with Crippen LogP contribution >= 0.6 is 0 Å². The molecule has 262 valence electrons. The van der Waals surface area contributed by atoms with Crippen LogP contribution in [-0.2, 0) is 4.74 Å². The van der Waals surface area contributed by atoms with Gasteiger partial charge < -0.3 is 14.2 Å². The molecule has 0 atom stereocenters. The Morgan fingerprint density at radius 3 is 1.44 bits per heavy atom. The molecule has 1 heterocycles. The van der Waals surface area contributed by atoms with Crippen LogP contribution < -0.4 is 10.3 Å². The maximum absolute atomic E-state index is 8.57. The highest BCUT2D eigenvalue weighted by atomic mass is 16.5. The second kappa shape index (κ2) is 14.5. The number of nitrogens with zero attached hydrogens (tertiary/aromatic N) is 2. The summed E-state index contributed by atoms with van der Waals surface area (Å²) >= 11 is 0. The summed E-state index contributed by atoms with van der Waals surface area (Å²) in [6.45, 7) is 0. The predicted octanol–water partition coefficient (Wildman–Crippen LogP) is 11.1. The van der Waals surface area contributed by atoms with Crippen LogP contribution in [0.4, 0.5) is 17.1 Å². The molecular weight excluding hydrogens is 673 g/mol. The molecule has 5 nitrogen and oxygen atoms in total. The fraction of sp³-hybridized carbons (Fsp3) is 0. The number of para-hydroxylation sites is 2. The lowest BCUT2D eigenvalue weighted by Gasteiger charge is -2.26. The second-order valence-electron chi connectivity index (χ2n) is 13.4. The first-order valence-electron chi connectivity index (χ1n) is 18.3. The number of aromatic nitrogens is 1. The molecule has 55 heavy (non-hydrogen) atoms. The number of anilines is 3. The maximum Gasteiger partial charge on any atom is 0.373 e. The number of nitrogens with two attached hydrogens (primary N) is 1. The normalized spacial score (nSPS) is 11.1. The fourth-order valence-corrected chi connectivity index (χ4v) is 7.29. The van der Waals surface area contributed by atoms with Gasteiger partial charge in [-0.25, -0.2) is 5.41 Å². The average molecular weight is 710 g/mol. The molecule has 0 aliphatic carbocycles. The first kappa shape index (κ1) is 33.3. The molecule has 0 saturated carbocycles. The largest absolute Gasteiger partial charge is 0.386 e. The minimum atomic E-state index is -0.0105. The Morgan fingerprint density at radius 2 is 0.873 bits per heavy atom. The zero-order valence-electron chi connectivity index (χ0n) is 30.0. The molecule has 0 saturated heterocycles. The van der Waals surface area contributed by atoms with Crippen LogP contribution in [0.1, 0.15) is 11.1 Å². The second-order valence-corrected chi connectivity index (χ2v) is 13.4. The predicted molar refractivity (Wildman–Crippen MR) is 227 cm³/mol. The van der Waals surface area contributed by atoms with E-state index in [1.165, 1.54) is 32.9 Å². The smallest absolute Gasteiger partial charge is 0.373 e. The van der Waals surface area contributed by atoms with Gasteiger partial charge in [0, 0.05) is 39.1 Å². The molecule has 5 heteroatoms. The number of hydrogen-bond acceptors (Lipinski definition) is 3. The van der Waals surface area contributed by atoms with E-state index in [2.05, 4.69) is 143 Å². The van der Waals surface area contributed by atoms with Gasteiger partial charge in [0.2, 0.25) is 5.90 Å². The van der Waals surface area contributed by atoms with Crippen molar-refractivity contribution in [3.05, 3.63) is 217 Å². The molecular formula is C50H37N4O+. The Kier molecular flexibility index (Phi) is 8.79. The van der Waals surface area contributed by atoms with Crippen LogP contribution in [0.5, 0.6) is 0 Å². The van der Waals surface area contributed by atoms with Crippen molar-refractivity contribution in [1.82, 2.24) is 4.57 Å². The van der Waals surface area contributed by atoms with Crippen LogP contribution in [0.15, 0.2) is 206 Å². The fourth-order valence-electron chi connectivity index (χ4n) is 7.29. The minimum absolute atomic E-state index is 0.0105. The zero-order valence-corrected chi connectivity index (χ0v) is 30.0. The van der Waals surface area contributed by atoms with Gasteiger partial charge in [0.25, 0.3) is 0 Å². The highest BCUT2D eigenvalue weighted by Crippen LogP contribution is 2.39. The van der Waals surface area contributed by atoms with Gasteiger partial charge in [-0.05, 0) is 119 Å². The van der Waals surface area contributed by atoms with Gasteiger partial charge in [0.15, 0.2) is 0 Å². The molecule has 0 bridgehead atoms. The van der Waals surface area contributed by atoms with Crippen molar-refractivity contribution < 1.29 is 10.1 Å². The summed E-state index contributed by atoms with van der Waals surface area (Å²) in [6, 6.07) is 71.0. The Balaban J connectivity index is 1.06. The van der Waals surface area contributed by atoms with E-state index < -0.39 is 0 Å². The summed E-state index contributed by atoms with van der Waals surface area (Å²) in [4.78, 5) is 2.21. The molecule has 0 unspecified atom stereocenters. The highest BCUT2D eigenvalue weighted by Gasteiger charge is 2.18. The number of hydrogen-bond donors (Lipinski definition) is 2. The lowest BCUT2D eigenvalue weighted by Crippen LogP contribution is -2.43. The summed E-state index contributed by atoms with van der Waals surface area (Å²) in [7, 11) is 0. The SMILES string of the molecule is N=C(OC(=[NH2+])c1ccccc1)c1ccc(N(c2ccccc2)c2ccc(-c3ccc4c(c3)c3cc(-c5ccccc5)ccc3n4-c3ccccc3)cc2)cc1. The first-order chi connectivity index (χ1) is 27.1. The molecule has 0 aliphatic rings. The monoisotopic (exact) mass is 709 g/mol. The van der Waals surface area contributed by atoms with Crippen molar-refractivity contribution in [2.24, 2.45) is 0 Å². The van der Waals surface area contributed by atoms with Gasteiger partial charge in [-0.1, -0.05) is 109 Å². The third-order valence-electron chi connectivity index (χ3n) is 10.0. The van der Waals surface area contributed by atoms with Gasteiger partial charge in [0.05, 0.1) is 16.6 Å². The van der Waals surface area contributed by atoms with Gasteiger partial charge in [-0.3, -0.25) is 5.41 Å². The Morgan fingerprint density at radius 1 is 0.436 bits per heavy atom. The molecule has 1 aromatic heterocycles. The first-order valence-corrected chi connectivity index (χ1v) is 18.3. The standard InChI is InChI=1S/C50H36N4O/c51-49(37-15-7-2-8-16-37)55-50(52)38-23-29-44(30-24-38)53(41-17-9-3-10-18-41)43-27-21-36(22-28-43)40-26-32-48-46(34-40)45-33-39(35-13-5-1-6-14-35)25-31-47(45)54(48)42-19-11-4-12-20-42/h1-34,51-52H/p+1. The summed E-state index contributed by atoms with van der Waals surface area (Å²) in [5.41, 5.74) is 12.5. The van der Waals surface area contributed by atoms with Crippen molar-refractivity contribution in [2.75, 3.05) is 4.90 Å². The quantitative estimate of drug-likeness (QED) is 0.122. The third kappa shape index (κ3) is 6.56. The molecule has 0 fully saturated rings. The van der Waals surface area contributed by atoms with Crippen LogP contribution in [0.25, 0.3) is 49.7 Å². The van der Waals surface area contributed by atoms with Crippen LogP contribution in [0.2, 0.25) is 0 Å². The van der Waals surface area contributed by atoms with Gasteiger partial charge in [-0.15, -0.1) is 0 Å². The Bertz CT molecular complexity index is 2780. The van der Waals surface area contributed by atoms with E-state index in [4.69, 9.17) is 15.6 Å². The molecule has 9 rings (SSSR count). The third-order valence-corrected chi connectivity index (χ3v) is 10.0. The molecule has 0 amide bonds. The molecule has 0 radical (unpaired) electrons. The zero-order chi connectivity index (χ0) is 37.1. The Labute approximate surface area is 320 Å². The molecule has 0 aliphatic heterocycles. The summed E-state index contributed by atoms with van der Waals surface area (Å²) in [5, 5.41) is 17.2. The molecule has 3 N–H and O–H groups in total. The van der Waals surface area contributed by atoms with Gasteiger partial charge >= 0.3 is 5.90 Å². The van der Waals surface area contributed by atoms with E-state index in [9.17, 15) is 0 Å². The van der Waals surface area contributed by atoms with E-state index in [1.807, 2.05) is 72.8 Å². The lowest BCUT2D eigenvalue weighted by atomic mass is 10.00.